The third-order valence-corrected chi connectivity index (χ3v) is 4.19. The minimum atomic E-state index is 0.391. The zero-order chi connectivity index (χ0) is 11.6. The third kappa shape index (κ3) is 2.98. The average Bonchev–Trinajstić information content (AvgIpc) is 3.02. The van der Waals surface area contributed by atoms with Gasteiger partial charge < -0.3 is 10.1 Å². The van der Waals surface area contributed by atoms with Gasteiger partial charge in [0.1, 0.15) is 0 Å². The summed E-state index contributed by atoms with van der Waals surface area (Å²) in [5.41, 5.74) is 0.391. The van der Waals surface area contributed by atoms with Crippen molar-refractivity contribution in [2.75, 3.05) is 13.2 Å². The van der Waals surface area contributed by atoms with Gasteiger partial charge in [-0.3, -0.25) is 0 Å². The summed E-state index contributed by atoms with van der Waals surface area (Å²) in [5, 5.41) is 3.64. The molecule has 0 aromatic heterocycles. The highest BCUT2D eigenvalue weighted by molar-refractivity contribution is 4.94. The highest BCUT2D eigenvalue weighted by Gasteiger charge is 2.39. The Kier molecular flexibility index (Phi) is 3.91. The second-order valence-electron chi connectivity index (χ2n) is 6.23. The molecule has 2 atom stereocenters. The van der Waals surface area contributed by atoms with E-state index in [0.717, 1.165) is 19.1 Å². The van der Waals surface area contributed by atoms with Gasteiger partial charge in [-0.2, -0.15) is 0 Å². The lowest BCUT2D eigenvalue weighted by atomic mass is 9.71. The van der Waals surface area contributed by atoms with E-state index in [0.29, 0.717) is 17.6 Å². The fraction of sp³-hybridized carbons (Fsp3) is 1.00. The van der Waals surface area contributed by atoms with Crippen molar-refractivity contribution in [2.45, 2.75) is 65.0 Å². The van der Waals surface area contributed by atoms with Crippen LogP contribution in [0.5, 0.6) is 0 Å². The molecule has 2 fully saturated rings. The molecule has 2 saturated carbocycles. The van der Waals surface area contributed by atoms with Crippen LogP contribution in [0.25, 0.3) is 0 Å². The summed E-state index contributed by atoms with van der Waals surface area (Å²) in [7, 11) is 0. The number of likely N-dealkylation sites (N-methyl/N-ethyl adjacent to an activating group) is 1. The molecule has 2 unspecified atom stereocenters. The van der Waals surface area contributed by atoms with Crippen LogP contribution >= 0.6 is 0 Å². The largest absolute Gasteiger partial charge is 0.376 e. The number of ether oxygens (including phenoxy) is 1. The Morgan fingerprint density at radius 3 is 2.62 bits per heavy atom. The van der Waals surface area contributed by atoms with Crippen LogP contribution in [0, 0.1) is 11.3 Å². The predicted molar refractivity (Wildman–Crippen MR) is 67.6 cm³/mol. The Bertz CT molecular complexity index is 223. The molecule has 0 heterocycles. The van der Waals surface area contributed by atoms with Crippen molar-refractivity contribution >= 4 is 0 Å². The molecule has 0 bridgehead atoms. The third-order valence-electron chi connectivity index (χ3n) is 4.19. The Morgan fingerprint density at radius 1 is 1.25 bits per heavy atom. The Hall–Kier alpha value is -0.0800. The molecule has 2 rings (SSSR count). The minimum absolute atomic E-state index is 0.391. The second kappa shape index (κ2) is 5.05. The summed E-state index contributed by atoms with van der Waals surface area (Å²) < 4.78 is 6.15. The molecule has 2 aliphatic carbocycles. The molecule has 94 valence electrons. The van der Waals surface area contributed by atoms with Crippen LogP contribution in [0.2, 0.25) is 0 Å². The van der Waals surface area contributed by atoms with Crippen LogP contribution in [-0.4, -0.2) is 25.3 Å². The van der Waals surface area contributed by atoms with E-state index >= 15 is 0 Å². The zero-order valence-electron chi connectivity index (χ0n) is 11.1. The maximum Gasteiger partial charge on any atom is 0.0733 e. The molecule has 0 aromatic carbocycles. The summed E-state index contributed by atoms with van der Waals surface area (Å²) in [6.45, 7) is 9.02. The molecule has 2 heteroatoms. The molecule has 0 spiro atoms. The first-order chi connectivity index (χ1) is 7.63. The number of rotatable bonds is 5. The molecule has 0 aromatic rings. The summed E-state index contributed by atoms with van der Waals surface area (Å²) in [5.74, 6) is 0.882. The predicted octanol–water partition coefficient (Wildman–Crippen LogP) is 2.97. The molecular weight excluding hydrogens is 198 g/mol. The maximum absolute atomic E-state index is 6.15. The highest BCUT2D eigenvalue weighted by Crippen LogP contribution is 2.38. The van der Waals surface area contributed by atoms with Crippen molar-refractivity contribution in [3.05, 3.63) is 0 Å². The van der Waals surface area contributed by atoms with Crippen LogP contribution in [0.4, 0.5) is 0 Å². The van der Waals surface area contributed by atoms with Crippen molar-refractivity contribution in [1.29, 1.82) is 0 Å². The first-order valence-electron chi connectivity index (χ1n) is 6.98. The van der Waals surface area contributed by atoms with E-state index in [4.69, 9.17) is 4.74 Å². The van der Waals surface area contributed by atoms with Gasteiger partial charge in [0.25, 0.3) is 0 Å². The lowest BCUT2D eigenvalue weighted by Crippen LogP contribution is -2.53. The van der Waals surface area contributed by atoms with Gasteiger partial charge in [-0.05, 0) is 43.6 Å². The van der Waals surface area contributed by atoms with Gasteiger partial charge in [-0.25, -0.2) is 0 Å². The Balaban J connectivity index is 1.90. The van der Waals surface area contributed by atoms with Gasteiger partial charge >= 0.3 is 0 Å². The van der Waals surface area contributed by atoms with Gasteiger partial charge in [0.05, 0.1) is 6.10 Å². The average molecular weight is 225 g/mol. The summed E-state index contributed by atoms with van der Waals surface area (Å²) in [6, 6.07) is 0.546. The first kappa shape index (κ1) is 12.4. The fourth-order valence-corrected chi connectivity index (χ4v) is 2.94. The smallest absolute Gasteiger partial charge is 0.0733 e. The van der Waals surface area contributed by atoms with E-state index in [2.05, 4.69) is 26.1 Å². The van der Waals surface area contributed by atoms with Crippen LogP contribution < -0.4 is 5.32 Å². The van der Waals surface area contributed by atoms with Crippen molar-refractivity contribution in [3.63, 3.8) is 0 Å². The van der Waals surface area contributed by atoms with Gasteiger partial charge in [0, 0.05) is 12.6 Å². The molecule has 2 aliphatic rings. The van der Waals surface area contributed by atoms with Gasteiger partial charge in [-0.1, -0.05) is 27.2 Å². The molecule has 1 N–H and O–H groups in total. The lowest BCUT2D eigenvalue weighted by molar-refractivity contribution is -0.0405. The SMILES string of the molecule is CCNC1C(OCC2CC2)CCCC1(C)C. The van der Waals surface area contributed by atoms with E-state index in [1.807, 2.05) is 0 Å². The van der Waals surface area contributed by atoms with Crippen molar-refractivity contribution < 1.29 is 4.74 Å². The summed E-state index contributed by atoms with van der Waals surface area (Å²) >= 11 is 0. The number of nitrogens with one attached hydrogen (secondary N) is 1. The minimum Gasteiger partial charge on any atom is -0.376 e. The molecule has 0 aliphatic heterocycles. The van der Waals surface area contributed by atoms with Gasteiger partial charge in [0.2, 0.25) is 0 Å². The van der Waals surface area contributed by atoms with Gasteiger partial charge in [-0.15, -0.1) is 0 Å². The molecule has 0 amide bonds. The number of hydrogen-bond donors (Lipinski definition) is 1. The monoisotopic (exact) mass is 225 g/mol. The Labute approximate surface area is 100 Å². The number of hydrogen-bond acceptors (Lipinski definition) is 2. The van der Waals surface area contributed by atoms with E-state index < -0.39 is 0 Å². The van der Waals surface area contributed by atoms with Crippen molar-refractivity contribution in [1.82, 2.24) is 5.32 Å². The van der Waals surface area contributed by atoms with Crippen LogP contribution in [0.3, 0.4) is 0 Å². The van der Waals surface area contributed by atoms with E-state index in [1.165, 1.54) is 32.1 Å². The summed E-state index contributed by atoms with van der Waals surface area (Å²) in [4.78, 5) is 0. The normalized spacial score (nSPS) is 33.9. The zero-order valence-corrected chi connectivity index (χ0v) is 11.1. The standard InChI is InChI=1S/C14H27NO/c1-4-15-13-12(16-10-11-7-8-11)6-5-9-14(13,2)3/h11-13,15H,4-10H2,1-3H3. The molecule has 0 saturated heterocycles. The van der Waals surface area contributed by atoms with E-state index in [9.17, 15) is 0 Å². The maximum atomic E-state index is 6.15. The fourth-order valence-electron chi connectivity index (χ4n) is 2.94. The van der Waals surface area contributed by atoms with E-state index in [-0.39, 0.29) is 0 Å². The van der Waals surface area contributed by atoms with Crippen LogP contribution in [0.15, 0.2) is 0 Å². The first-order valence-corrected chi connectivity index (χ1v) is 6.98. The van der Waals surface area contributed by atoms with E-state index in [1.54, 1.807) is 0 Å². The molecule has 2 nitrogen and oxygen atoms in total. The Morgan fingerprint density at radius 2 is 2.00 bits per heavy atom. The quantitative estimate of drug-likeness (QED) is 0.776. The van der Waals surface area contributed by atoms with Crippen LogP contribution in [0.1, 0.15) is 52.9 Å². The molecular formula is C14H27NO. The van der Waals surface area contributed by atoms with Crippen molar-refractivity contribution in [2.24, 2.45) is 11.3 Å². The molecule has 0 radical (unpaired) electrons. The van der Waals surface area contributed by atoms with Crippen LogP contribution in [-0.2, 0) is 4.74 Å². The topological polar surface area (TPSA) is 21.3 Å². The lowest BCUT2D eigenvalue weighted by Gasteiger charge is -2.44. The molecule has 16 heavy (non-hydrogen) atoms. The summed E-state index contributed by atoms with van der Waals surface area (Å²) in [6.07, 6.45) is 7.12. The van der Waals surface area contributed by atoms with Gasteiger partial charge in [0.15, 0.2) is 0 Å². The van der Waals surface area contributed by atoms with Crippen molar-refractivity contribution in [3.8, 4) is 0 Å². The highest BCUT2D eigenvalue weighted by atomic mass is 16.5. The second-order valence-corrected chi connectivity index (χ2v) is 6.23.